The summed E-state index contributed by atoms with van der Waals surface area (Å²) < 4.78 is 13.2. The zero-order valence-electron chi connectivity index (χ0n) is 9.64. The first-order chi connectivity index (χ1) is 7.65. The van der Waals surface area contributed by atoms with E-state index in [1.54, 1.807) is 19.1 Å². The van der Waals surface area contributed by atoms with Gasteiger partial charge >= 0.3 is 0 Å². The fourth-order valence-electron chi connectivity index (χ4n) is 1.30. The molecule has 0 saturated carbocycles. The smallest absolute Gasteiger partial charge is 0.239 e. The van der Waals surface area contributed by atoms with E-state index in [4.69, 9.17) is 0 Å². The molecule has 88 valence electrons. The van der Waals surface area contributed by atoms with Crippen LogP contribution < -0.4 is 10.6 Å². The molecule has 0 aliphatic rings. The van der Waals surface area contributed by atoms with Crippen molar-refractivity contribution in [2.45, 2.75) is 20.3 Å². The van der Waals surface area contributed by atoms with E-state index in [9.17, 15) is 9.18 Å². The molecule has 4 heteroatoms. The van der Waals surface area contributed by atoms with Gasteiger partial charge in [-0.2, -0.15) is 0 Å². The van der Waals surface area contributed by atoms with Gasteiger partial charge < -0.3 is 10.6 Å². The summed E-state index contributed by atoms with van der Waals surface area (Å²) in [4.78, 5) is 11.3. The van der Waals surface area contributed by atoms with Crippen LogP contribution in [-0.2, 0) is 4.79 Å². The maximum absolute atomic E-state index is 13.2. The molecule has 3 nitrogen and oxygen atoms in total. The topological polar surface area (TPSA) is 41.1 Å². The number of rotatable bonds is 5. The molecule has 1 aromatic carbocycles. The second-order valence-electron chi connectivity index (χ2n) is 3.62. The third-order valence-corrected chi connectivity index (χ3v) is 2.28. The number of nitrogens with one attached hydrogen (secondary N) is 2. The van der Waals surface area contributed by atoms with Gasteiger partial charge in [0.05, 0.1) is 6.54 Å². The average molecular weight is 224 g/mol. The van der Waals surface area contributed by atoms with Crippen LogP contribution >= 0.6 is 0 Å². The predicted octanol–water partition coefficient (Wildman–Crippen LogP) is 2.07. The van der Waals surface area contributed by atoms with Gasteiger partial charge in [-0.1, -0.05) is 13.0 Å². The van der Waals surface area contributed by atoms with Crippen molar-refractivity contribution in [2.24, 2.45) is 0 Å². The van der Waals surface area contributed by atoms with Gasteiger partial charge in [0.25, 0.3) is 0 Å². The Morgan fingerprint density at radius 2 is 2.19 bits per heavy atom. The summed E-state index contributed by atoms with van der Waals surface area (Å²) in [6.07, 6.45) is 0.907. The van der Waals surface area contributed by atoms with Gasteiger partial charge in [0.2, 0.25) is 5.91 Å². The number of halogens is 1. The van der Waals surface area contributed by atoms with E-state index < -0.39 is 0 Å². The Labute approximate surface area is 95.0 Å². The quantitative estimate of drug-likeness (QED) is 0.804. The second-order valence-corrected chi connectivity index (χ2v) is 3.62. The summed E-state index contributed by atoms with van der Waals surface area (Å²) in [5.41, 5.74) is 1.19. The highest BCUT2D eigenvalue weighted by Crippen LogP contribution is 2.16. The predicted molar refractivity (Wildman–Crippen MR) is 62.9 cm³/mol. The van der Waals surface area contributed by atoms with E-state index >= 15 is 0 Å². The molecule has 0 bridgehead atoms. The summed E-state index contributed by atoms with van der Waals surface area (Å²) in [5, 5.41) is 5.65. The zero-order valence-corrected chi connectivity index (χ0v) is 9.64. The van der Waals surface area contributed by atoms with Crippen molar-refractivity contribution in [3.63, 3.8) is 0 Å². The van der Waals surface area contributed by atoms with Crippen molar-refractivity contribution >= 4 is 11.6 Å². The van der Waals surface area contributed by atoms with Crippen molar-refractivity contribution in [1.29, 1.82) is 0 Å². The van der Waals surface area contributed by atoms with Crippen LogP contribution in [0.1, 0.15) is 18.9 Å². The van der Waals surface area contributed by atoms with E-state index in [1.165, 1.54) is 6.07 Å². The second kappa shape index (κ2) is 6.10. The standard InChI is InChI=1S/C12H17FN2O/c1-3-7-14-12(16)8-15-11-6-4-5-10(13)9(11)2/h4-6,15H,3,7-8H2,1-2H3,(H,14,16). The maximum Gasteiger partial charge on any atom is 0.239 e. The number of amides is 1. The van der Waals surface area contributed by atoms with Gasteiger partial charge in [0, 0.05) is 17.8 Å². The van der Waals surface area contributed by atoms with Crippen molar-refractivity contribution in [1.82, 2.24) is 5.32 Å². The van der Waals surface area contributed by atoms with Crippen molar-refractivity contribution in [3.8, 4) is 0 Å². The molecule has 0 spiro atoms. The monoisotopic (exact) mass is 224 g/mol. The van der Waals surface area contributed by atoms with Crippen LogP contribution in [0.3, 0.4) is 0 Å². The Hall–Kier alpha value is -1.58. The third kappa shape index (κ3) is 3.53. The molecule has 2 N–H and O–H groups in total. The Bertz CT molecular complexity index is 366. The van der Waals surface area contributed by atoms with Gasteiger partial charge in [0.1, 0.15) is 5.82 Å². The van der Waals surface area contributed by atoms with Gasteiger partial charge in [-0.05, 0) is 25.5 Å². The van der Waals surface area contributed by atoms with Crippen molar-refractivity contribution < 1.29 is 9.18 Å². The van der Waals surface area contributed by atoms with E-state index in [0.717, 1.165) is 6.42 Å². The number of hydrogen-bond acceptors (Lipinski definition) is 2. The summed E-state index contributed by atoms with van der Waals surface area (Å²) in [6, 6.07) is 4.78. The molecule has 0 radical (unpaired) electrons. The minimum absolute atomic E-state index is 0.0782. The lowest BCUT2D eigenvalue weighted by molar-refractivity contribution is -0.119. The Morgan fingerprint density at radius 1 is 1.44 bits per heavy atom. The van der Waals surface area contributed by atoms with Crippen LogP contribution in [0.5, 0.6) is 0 Å². The van der Waals surface area contributed by atoms with Gasteiger partial charge in [-0.15, -0.1) is 0 Å². The number of hydrogen-bond donors (Lipinski definition) is 2. The highest BCUT2D eigenvalue weighted by atomic mass is 19.1. The lowest BCUT2D eigenvalue weighted by atomic mass is 10.2. The molecule has 0 heterocycles. The molecule has 0 aromatic heterocycles. The Kier molecular flexibility index (Phi) is 4.76. The summed E-state index contributed by atoms with van der Waals surface area (Å²) in [5.74, 6) is -0.343. The lowest BCUT2D eigenvalue weighted by Gasteiger charge is -2.09. The Morgan fingerprint density at radius 3 is 2.88 bits per heavy atom. The number of carbonyl (C=O) groups is 1. The molecule has 0 atom stereocenters. The van der Waals surface area contributed by atoms with Gasteiger partial charge in [-0.3, -0.25) is 4.79 Å². The normalized spacial score (nSPS) is 9.94. The van der Waals surface area contributed by atoms with Crippen LogP contribution in [0.25, 0.3) is 0 Å². The minimum atomic E-state index is -0.265. The van der Waals surface area contributed by atoms with Crippen LogP contribution in [0.15, 0.2) is 18.2 Å². The third-order valence-electron chi connectivity index (χ3n) is 2.28. The molecule has 1 amide bonds. The maximum atomic E-state index is 13.2. The largest absolute Gasteiger partial charge is 0.376 e. The van der Waals surface area contributed by atoms with Crippen LogP contribution in [-0.4, -0.2) is 19.0 Å². The zero-order chi connectivity index (χ0) is 12.0. The van der Waals surface area contributed by atoms with Crippen LogP contribution in [0.4, 0.5) is 10.1 Å². The van der Waals surface area contributed by atoms with Gasteiger partial charge in [0.15, 0.2) is 0 Å². The molecule has 0 fully saturated rings. The molecule has 0 aliphatic heterocycles. The van der Waals surface area contributed by atoms with Gasteiger partial charge in [-0.25, -0.2) is 4.39 Å². The fraction of sp³-hybridized carbons (Fsp3) is 0.417. The minimum Gasteiger partial charge on any atom is -0.376 e. The van der Waals surface area contributed by atoms with E-state index in [1.807, 2.05) is 6.92 Å². The Balaban J connectivity index is 2.48. The highest BCUT2D eigenvalue weighted by Gasteiger charge is 2.04. The SMILES string of the molecule is CCCNC(=O)CNc1cccc(F)c1C. The summed E-state index contributed by atoms with van der Waals surface area (Å²) in [6.45, 7) is 4.51. The summed E-state index contributed by atoms with van der Waals surface area (Å²) in [7, 11) is 0. The van der Waals surface area contributed by atoms with Crippen LogP contribution in [0.2, 0.25) is 0 Å². The molecule has 0 aliphatic carbocycles. The molecule has 0 saturated heterocycles. The molecule has 0 unspecified atom stereocenters. The van der Waals surface area contributed by atoms with E-state index in [0.29, 0.717) is 17.8 Å². The molecular weight excluding hydrogens is 207 g/mol. The van der Waals surface area contributed by atoms with Crippen molar-refractivity contribution in [2.75, 3.05) is 18.4 Å². The molecule has 1 rings (SSSR count). The fourth-order valence-corrected chi connectivity index (χ4v) is 1.30. The summed E-state index contributed by atoms with van der Waals surface area (Å²) >= 11 is 0. The lowest BCUT2D eigenvalue weighted by Crippen LogP contribution is -2.30. The molecule has 16 heavy (non-hydrogen) atoms. The molecule has 1 aromatic rings. The van der Waals surface area contributed by atoms with Crippen LogP contribution in [0, 0.1) is 12.7 Å². The first-order valence-electron chi connectivity index (χ1n) is 5.40. The first kappa shape index (κ1) is 12.5. The van der Waals surface area contributed by atoms with E-state index in [-0.39, 0.29) is 18.3 Å². The van der Waals surface area contributed by atoms with E-state index in [2.05, 4.69) is 10.6 Å². The number of benzene rings is 1. The first-order valence-corrected chi connectivity index (χ1v) is 5.40. The van der Waals surface area contributed by atoms with Crippen molar-refractivity contribution in [3.05, 3.63) is 29.6 Å². The number of carbonyl (C=O) groups excluding carboxylic acids is 1. The molecular formula is C12H17FN2O. The average Bonchev–Trinajstić information content (AvgIpc) is 2.28. The highest BCUT2D eigenvalue weighted by molar-refractivity contribution is 5.80. The number of anilines is 1.